The van der Waals surface area contributed by atoms with Crippen molar-refractivity contribution in [2.75, 3.05) is 19.3 Å². The van der Waals surface area contributed by atoms with Crippen LogP contribution in [-0.4, -0.2) is 49.7 Å². The third-order valence-corrected chi connectivity index (χ3v) is 5.58. The number of piperidine rings is 1. The first-order chi connectivity index (χ1) is 8.98. The van der Waals surface area contributed by atoms with Gasteiger partial charge < -0.3 is 10.6 Å². The maximum atomic E-state index is 12.3. The van der Waals surface area contributed by atoms with Crippen LogP contribution in [0.2, 0.25) is 0 Å². The van der Waals surface area contributed by atoms with Gasteiger partial charge in [0.05, 0.1) is 21.5 Å². The van der Waals surface area contributed by atoms with Crippen LogP contribution in [-0.2, 0) is 7.05 Å². The molecule has 5 nitrogen and oxygen atoms in total. The number of nitrogens with zero attached hydrogens (tertiary/aromatic N) is 3. The van der Waals surface area contributed by atoms with Gasteiger partial charge in [-0.2, -0.15) is 16.9 Å². The predicted molar refractivity (Wildman–Crippen MR) is 81.4 cm³/mol. The minimum atomic E-state index is -0.152. The number of likely N-dealkylation sites (tertiary alicyclic amines) is 1. The number of thioether (sulfide) groups is 1. The highest BCUT2D eigenvalue weighted by atomic mass is 32.2. The fourth-order valence-corrected chi connectivity index (χ4v) is 3.58. The topological polar surface area (TPSA) is 64.2 Å². The molecule has 0 aromatic carbocycles. The van der Waals surface area contributed by atoms with Gasteiger partial charge in [-0.3, -0.25) is 9.48 Å². The van der Waals surface area contributed by atoms with Gasteiger partial charge >= 0.3 is 0 Å². The van der Waals surface area contributed by atoms with E-state index in [1.54, 1.807) is 35.9 Å². The van der Waals surface area contributed by atoms with E-state index in [1.165, 1.54) is 0 Å². The lowest BCUT2D eigenvalue weighted by molar-refractivity contribution is 0.0719. The molecule has 2 heterocycles. The summed E-state index contributed by atoms with van der Waals surface area (Å²) < 4.78 is 1.49. The predicted octanol–water partition coefficient (Wildman–Crippen LogP) is 1.04. The molecule has 0 unspecified atom stereocenters. The maximum Gasteiger partial charge on any atom is 0.257 e. The number of aromatic nitrogens is 2. The first-order valence-corrected chi connectivity index (χ1v) is 7.75. The van der Waals surface area contributed by atoms with E-state index in [0.717, 1.165) is 12.8 Å². The minimum absolute atomic E-state index is 0.0331. The van der Waals surface area contributed by atoms with Crippen LogP contribution in [0.3, 0.4) is 0 Å². The summed E-state index contributed by atoms with van der Waals surface area (Å²) in [5.41, 5.74) is 6.48. The number of amides is 1. The lowest BCUT2D eigenvalue weighted by atomic mass is 9.95. The smallest absolute Gasteiger partial charge is 0.257 e. The van der Waals surface area contributed by atoms with Crippen LogP contribution in [0.25, 0.3) is 0 Å². The van der Waals surface area contributed by atoms with Crippen molar-refractivity contribution < 1.29 is 4.79 Å². The first-order valence-electron chi connectivity index (χ1n) is 6.11. The average molecular weight is 298 g/mol. The molecule has 1 aliphatic rings. The van der Waals surface area contributed by atoms with E-state index in [1.807, 2.05) is 11.2 Å². The highest BCUT2D eigenvalue weighted by molar-refractivity contribution is 8.02. The number of carbonyl (C=O) groups excluding carboxylic acids is 1. The summed E-state index contributed by atoms with van der Waals surface area (Å²) in [6, 6.07) is 0. The molecule has 0 bridgehead atoms. The molecule has 1 aromatic rings. The van der Waals surface area contributed by atoms with Crippen LogP contribution in [0.4, 0.5) is 0 Å². The Morgan fingerprint density at radius 3 is 2.58 bits per heavy atom. The largest absolute Gasteiger partial charge is 0.392 e. The van der Waals surface area contributed by atoms with Gasteiger partial charge in [-0.05, 0) is 19.1 Å². The molecule has 104 valence electrons. The Bertz CT molecular complexity index is 492. The minimum Gasteiger partial charge on any atom is -0.392 e. The van der Waals surface area contributed by atoms with Crippen molar-refractivity contribution in [3.05, 3.63) is 18.0 Å². The number of rotatable bonds is 3. The fourth-order valence-electron chi connectivity index (χ4n) is 2.34. The summed E-state index contributed by atoms with van der Waals surface area (Å²) in [5.74, 6) is 0.0331. The molecule has 19 heavy (non-hydrogen) atoms. The molecule has 0 radical (unpaired) electrons. The molecule has 1 aromatic heterocycles. The molecular weight excluding hydrogens is 280 g/mol. The molecule has 0 spiro atoms. The summed E-state index contributed by atoms with van der Waals surface area (Å²) in [5, 5.41) is 4.03. The fraction of sp³-hybridized carbons (Fsp3) is 0.583. The monoisotopic (exact) mass is 298 g/mol. The van der Waals surface area contributed by atoms with Crippen LogP contribution in [0.15, 0.2) is 12.4 Å². The van der Waals surface area contributed by atoms with Gasteiger partial charge in [0.25, 0.3) is 5.91 Å². The second-order valence-electron chi connectivity index (χ2n) is 4.76. The van der Waals surface area contributed by atoms with Gasteiger partial charge in [0, 0.05) is 26.3 Å². The lowest BCUT2D eigenvalue weighted by Gasteiger charge is -2.39. The molecule has 0 atom stereocenters. The Morgan fingerprint density at radius 2 is 2.16 bits per heavy atom. The molecule has 1 aliphatic heterocycles. The van der Waals surface area contributed by atoms with Crippen molar-refractivity contribution >= 4 is 34.9 Å². The van der Waals surface area contributed by atoms with Gasteiger partial charge in [-0.15, -0.1) is 0 Å². The van der Waals surface area contributed by atoms with Gasteiger partial charge in [0.2, 0.25) is 0 Å². The maximum absolute atomic E-state index is 12.3. The van der Waals surface area contributed by atoms with E-state index in [4.69, 9.17) is 18.0 Å². The normalized spacial score (nSPS) is 18.3. The van der Waals surface area contributed by atoms with Crippen LogP contribution in [0.5, 0.6) is 0 Å². The van der Waals surface area contributed by atoms with Crippen LogP contribution in [0.1, 0.15) is 23.2 Å². The zero-order valence-electron chi connectivity index (χ0n) is 11.1. The van der Waals surface area contributed by atoms with Gasteiger partial charge in [0.1, 0.15) is 0 Å². The van der Waals surface area contributed by atoms with Crippen molar-refractivity contribution in [3.8, 4) is 0 Å². The number of carbonyl (C=O) groups is 1. The molecular formula is C12H18N4OS2. The highest BCUT2D eigenvalue weighted by Gasteiger charge is 2.38. The Hall–Kier alpha value is -1.08. The lowest BCUT2D eigenvalue weighted by Crippen LogP contribution is -2.50. The van der Waals surface area contributed by atoms with E-state index in [2.05, 4.69) is 5.10 Å². The first kappa shape index (κ1) is 14.3. The van der Waals surface area contributed by atoms with Crippen molar-refractivity contribution in [3.63, 3.8) is 0 Å². The Kier molecular flexibility index (Phi) is 4.15. The summed E-state index contributed by atoms with van der Waals surface area (Å²) in [6.07, 6.45) is 7.00. The summed E-state index contributed by atoms with van der Waals surface area (Å²) in [4.78, 5) is 14.7. The van der Waals surface area contributed by atoms with E-state index >= 15 is 0 Å². The molecule has 2 rings (SSSR count). The van der Waals surface area contributed by atoms with Crippen molar-refractivity contribution in [1.82, 2.24) is 14.7 Å². The standard InChI is InChI=1S/C12H18N4OS2/c1-15-8-9(7-14-15)10(17)16-5-3-12(19-2,4-6-16)11(13)18/h7-8H,3-6H2,1-2H3,(H2,13,18). The Morgan fingerprint density at radius 1 is 1.53 bits per heavy atom. The van der Waals surface area contributed by atoms with E-state index in [0.29, 0.717) is 23.6 Å². The third-order valence-electron chi connectivity index (χ3n) is 3.65. The summed E-state index contributed by atoms with van der Waals surface area (Å²) in [6.45, 7) is 1.37. The molecule has 1 fully saturated rings. The molecule has 1 amide bonds. The Balaban J connectivity index is 2.04. The number of hydrogen-bond donors (Lipinski definition) is 1. The summed E-state index contributed by atoms with van der Waals surface area (Å²) in [7, 11) is 1.80. The number of nitrogens with two attached hydrogens (primary N) is 1. The van der Waals surface area contributed by atoms with E-state index in [9.17, 15) is 4.79 Å². The van der Waals surface area contributed by atoms with E-state index in [-0.39, 0.29) is 10.7 Å². The van der Waals surface area contributed by atoms with Crippen LogP contribution < -0.4 is 5.73 Å². The highest BCUT2D eigenvalue weighted by Crippen LogP contribution is 2.35. The molecule has 0 saturated carbocycles. The quantitative estimate of drug-likeness (QED) is 0.845. The van der Waals surface area contributed by atoms with E-state index < -0.39 is 0 Å². The third kappa shape index (κ3) is 2.76. The zero-order chi connectivity index (χ0) is 14.0. The number of hydrogen-bond acceptors (Lipinski definition) is 4. The SMILES string of the molecule is CSC1(C(N)=S)CCN(C(=O)c2cnn(C)c2)CC1. The van der Waals surface area contributed by atoms with Crippen LogP contribution in [0, 0.1) is 0 Å². The molecule has 2 N–H and O–H groups in total. The van der Waals surface area contributed by atoms with Gasteiger partial charge in [-0.25, -0.2) is 0 Å². The number of thiocarbonyl (C=S) groups is 1. The van der Waals surface area contributed by atoms with Crippen molar-refractivity contribution in [1.29, 1.82) is 0 Å². The second-order valence-corrected chi connectivity index (χ2v) is 6.39. The zero-order valence-corrected chi connectivity index (χ0v) is 12.8. The Labute approximate surface area is 122 Å². The van der Waals surface area contributed by atoms with Crippen molar-refractivity contribution in [2.24, 2.45) is 12.8 Å². The second kappa shape index (κ2) is 5.50. The molecule has 1 saturated heterocycles. The van der Waals surface area contributed by atoms with Crippen LogP contribution >= 0.6 is 24.0 Å². The average Bonchev–Trinajstić information content (AvgIpc) is 2.84. The van der Waals surface area contributed by atoms with Gasteiger partial charge in [0.15, 0.2) is 0 Å². The molecule has 0 aliphatic carbocycles. The molecule has 7 heteroatoms. The summed E-state index contributed by atoms with van der Waals surface area (Å²) >= 11 is 6.86. The van der Waals surface area contributed by atoms with Gasteiger partial charge in [-0.1, -0.05) is 12.2 Å². The van der Waals surface area contributed by atoms with Crippen molar-refractivity contribution in [2.45, 2.75) is 17.6 Å². The number of aryl methyl sites for hydroxylation is 1.